The highest BCUT2D eigenvalue weighted by molar-refractivity contribution is 7.99. The fraction of sp³-hybridized carbons (Fsp3) is 0.500. The van der Waals surface area contributed by atoms with Crippen molar-refractivity contribution in [2.75, 3.05) is 5.75 Å². The van der Waals surface area contributed by atoms with Crippen LogP contribution in [-0.4, -0.2) is 26.8 Å². The number of hydrogen-bond donors (Lipinski definition) is 1. The van der Waals surface area contributed by atoms with Crippen molar-refractivity contribution in [3.63, 3.8) is 0 Å². The van der Waals surface area contributed by atoms with Gasteiger partial charge in [-0.25, -0.2) is 9.97 Å². The third kappa shape index (κ3) is 2.92. The first-order chi connectivity index (χ1) is 7.20. The Labute approximate surface area is 92.1 Å². The number of aliphatic carboxylic acids is 1. The molecule has 5 heteroatoms. The molecule has 80 valence electrons. The van der Waals surface area contributed by atoms with Crippen LogP contribution in [0.1, 0.15) is 19.3 Å². The number of rotatable bonds is 5. The van der Waals surface area contributed by atoms with Crippen molar-refractivity contribution in [2.45, 2.75) is 24.4 Å². The molecule has 0 radical (unpaired) electrons. The van der Waals surface area contributed by atoms with Gasteiger partial charge in [0.25, 0.3) is 0 Å². The van der Waals surface area contributed by atoms with Gasteiger partial charge in [-0.3, -0.25) is 4.79 Å². The number of hydrogen-bond acceptors (Lipinski definition) is 4. The number of carbonyl (C=O) groups is 1. The third-order valence-electron chi connectivity index (χ3n) is 2.53. The minimum Gasteiger partial charge on any atom is -0.481 e. The molecule has 0 aromatic carbocycles. The van der Waals surface area contributed by atoms with Gasteiger partial charge in [0.2, 0.25) is 0 Å². The summed E-state index contributed by atoms with van der Waals surface area (Å²) < 4.78 is 0. The lowest BCUT2D eigenvalue weighted by Gasteiger charge is -2.10. The summed E-state index contributed by atoms with van der Waals surface area (Å²) in [6.07, 6.45) is 5.70. The first-order valence-electron chi connectivity index (χ1n) is 4.82. The van der Waals surface area contributed by atoms with E-state index >= 15 is 0 Å². The SMILES string of the molecule is O=C(O)CC1(CSc2ncccn2)CC1. The van der Waals surface area contributed by atoms with E-state index < -0.39 is 5.97 Å². The molecule has 1 aliphatic rings. The van der Waals surface area contributed by atoms with Crippen molar-refractivity contribution < 1.29 is 9.90 Å². The smallest absolute Gasteiger partial charge is 0.303 e. The van der Waals surface area contributed by atoms with E-state index in [1.165, 1.54) is 0 Å². The Bertz CT molecular complexity index is 352. The van der Waals surface area contributed by atoms with Crippen LogP contribution in [0.3, 0.4) is 0 Å². The lowest BCUT2D eigenvalue weighted by Crippen LogP contribution is -2.11. The van der Waals surface area contributed by atoms with Crippen molar-refractivity contribution in [1.29, 1.82) is 0 Å². The van der Waals surface area contributed by atoms with Crippen LogP contribution < -0.4 is 0 Å². The summed E-state index contributed by atoms with van der Waals surface area (Å²) in [5.41, 5.74) is 0.00962. The van der Waals surface area contributed by atoms with Gasteiger partial charge in [0.15, 0.2) is 5.16 Å². The Kier molecular flexibility index (Phi) is 2.90. The first-order valence-corrected chi connectivity index (χ1v) is 5.80. The lowest BCUT2D eigenvalue weighted by molar-refractivity contribution is -0.138. The molecule has 1 aromatic heterocycles. The summed E-state index contributed by atoms with van der Waals surface area (Å²) in [7, 11) is 0. The lowest BCUT2D eigenvalue weighted by atomic mass is 10.1. The molecule has 0 atom stereocenters. The van der Waals surface area contributed by atoms with E-state index in [9.17, 15) is 4.79 Å². The third-order valence-corrected chi connectivity index (χ3v) is 3.76. The fourth-order valence-electron chi connectivity index (χ4n) is 1.45. The van der Waals surface area contributed by atoms with Crippen LogP contribution >= 0.6 is 11.8 Å². The molecule has 0 aliphatic heterocycles. The van der Waals surface area contributed by atoms with Gasteiger partial charge >= 0.3 is 5.97 Å². The highest BCUT2D eigenvalue weighted by atomic mass is 32.2. The average Bonchev–Trinajstić information content (AvgIpc) is 2.96. The van der Waals surface area contributed by atoms with E-state index in [4.69, 9.17) is 5.11 Å². The second-order valence-corrected chi connectivity index (χ2v) is 4.83. The number of nitrogens with zero attached hydrogens (tertiary/aromatic N) is 2. The second kappa shape index (κ2) is 4.18. The zero-order chi connectivity index (χ0) is 10.7. The average molecular weight is 224 g/mol. The predicted molar refractivity (Wildman–Crippen MR) is 56.7 cm³/mol. The maximum atomic E-state index is 10.6. The highest BCUT2D eigenvalue weighted by Gasteiger charge is 2.44. The zero-order valence-electron chi connectivity index (χ0n) is 8.22. The predicted octanol–water partition coefficient (Wildman–Crippen LogP) is 1.82. The Morgan fingerprint density at radius 3 is 2.67 bits per heavy atom. The molecular formula is C10H12N2O2S. The van der Waals surface area contributed by atoms with Crippen LogP contribution in [0.15, 0.2) is 23.6 Å². The van der Waals surface area contributed by atoms with Crippen molar-refractivity contribution >= 4 is 17.7 Å². The summed E-state index contributed by atoms with van der Waals surface area (Å²) in [4.78, 5) is 18.8. The van der Waals surface area contributed by atoms with Gasteiger partial charge in [0, 0.05) is 18.1 Å². The van der Waals surface area contributed by atoms with Gasteiger partial charge in [-0.1, -0.05) is 11.8 Å². The largest absolute Gasteiger partial charge is 0.481 e. The summed E-state index contributed by atoms with van der Waals surface area (Å²) in [5, 5.41) is 9.48. The van der Waals surface area contributed by atoms with Gasteiger partial charge in [-0.05, 0) is 24.3 Å². The molecule has 1 aromatic rings. The highest BCUT2D eigenvalue weighted by Crippen LogP contribution is 2.51. The molecule has 0 amide bonds. The molecule has 1 saturated carbocycles. The van der Waals surface area contributed by atoms with E-state index in [0.29, 0.717) is 0 Å². The van der Waals surface area contributed by atoms with Crippen LogP contribution in [0.5, 0.6) is 0 Å². The van der Waals surface area contributed by atoms with Crippen LogP contribution in [0.4, 0.5) is 0 Å². The second-order valence-electron chi connectivity index (χ2n) is 3.89. The molecule has 2 rings (SSSR count). The summed E-state index contributed by atoms with van der Waals surface area (Å²) in [6, 6.07) is 1.77. The van der Waals surface area contributed by atoms with Crippen molar-refractivity contribution in [1.82, 2.24) is 9.97 Å². The molecule has 0 bridgehead atoms. The first kappa shape index (κ1) is 10.4. The molecule has 4 nitrogen and oxygen atoms in total. The maximum Gasteiger partial charge on any atom is 0.303 e. The molecule has 1 heterocycles. The molecule has 1 fully saturated rings. The Balaban J connectivity index is 1.86. The van der Waals surface area contributed by atoms with E-state index in [1.54, 1.807) is 30.2 Å². The van der Waals surface area contributed by atoms with Crippen molar-refractivity contribution in [3.8, 4) is 0 Å². The standard InChI is InChI=1S/C10H12N2O2S/c13-8(14)6-10(2-3-10)7-15-9-11-4-1-5-12-9/h1,4-5H,2-3,6-7H2,(H,13,14). The van der Waals surface area contributed by atoms with Gasteiger partial charge in [-0.2, -0.15) is 0 Å². The Morgan fingerprint density at radius 2 is 2.13 bits per heavy atom. The van der Waals surface area contributed by atoms with E-state index in [1.807, 2.05) is 0 Å². The molecule has 0 spiro atoms. The summed E-state index contributed by atoms with van der Waals surface area (Å²) >= 11 is 1.55. The minimum absolute atomic E-state index is 0.00962. The normalized spacial score (nSPS) is 17.3. The van der Waals surface area contributed by atoms with Crippen LogP contribution in [0.2, 0.25) is 0 Å². The molecule has 0 saturated heterocycles. The van der Waals surface area contributed by atoms with Crippen LogP contribution in [-0.2, 0) is 4.79 Å². The number of aromatic nitrogens is 2. The van der Waals surface area contributed by atoms with E-state index in [2.05, 4.69) is 9.97 Å². The van der Waals surface area contributed by atoms with Crippen LogP contribution in [0.25, 0.3) is 0 Å². The maximum absolute atomic E-state index is 10.6. The number of thioether (sulfide) groups is 1. The number of carboxylic acid groups (broad SMARTS) is 1. The van der Waals surface area contributed by atoms with Gasteiger partial charge < -0.3 is 5.11 Å². The molecule has 1 N–H and O–H groups in total. The molecule has 15 heavy (non-hydrogen) atoms. The summed E-state index contributed by atoms with van der Waals surface area (Å²) in [5.74, 6) is 0.102. The molecule has 1 aliphatic carbocycles. The monoisotopic (exact) mass is 224 g/mol. The Morgan fingerprint density at radius 1 is 1.47 bits per heavy atom. The minimum atomic E-state index is -0.706. The fourth-order valence-corrected chi connectivity index (χ4v) is 2.54. The molecular weight excluding hydrogens is 212 g/mol. The zero-order valence-corrected chi connectivity index (χ0v) is 9.04. The van der Waals surface area contributed by atoms with Gasteiger partial charge in [0.1, 0.15) is 0 Å². The van der Waals surface area contributed by atoms with Gasteiger partial charge in [-0.15, -0.1) is 0 Å². The van der Waals surface area contributed by atoms with E-state index in [0.717, 1.165) is 23.8 Å². The van der Waals surface area contributed by atoms with E-state index in [-0.39, 0.29) is 11.8 Å². The van der Waals surface area contributed by atoms with Crippen LogP contribution in [0, 0.1) is 5.41 Å². The topological polar surface area (TPSA) is 63.1 Å². The van der Waals surface area contributed by atoms with Gasteiger partial charge in [0.05, 0.1) is 6.42 Å². The van der Waals surface area contributed by atoms with Crippen molar-refractivity contribution in [3.05, 3.63) is 18.5 Å². The number of carboxylic acids is 1. The molecule has 0 unspecified atom stereocenters. The Hall–Kier alpha value is -1.10. The quantitative estimate of drug-likeness (QED) is 0.610. The summed E-state index contributed by atoms with van der Waals surface area (Å²) in [6.45, 7) is 0. The van der Waals surface area contributed by atoms with Crippen molar-refractivity contribution in [2.24, 2.45) is 5.41 Å².